The van der Waals surface area contributed by atoms with Gasteiger partial charge in [-0.15, -0.1) is 0 Å². The van der Waals surface area contributed by atoms with Crippen LogP contribution >= 0.6 is 0 Å². The number of nitrogens with one attached hydrogen (secondary N) is 1. The Balaban J connectivity index is 1.69. The molecule has 1 aromatic carbocycles. The van der Waals surface area contributed by atoms with Crippen molar-refractivity contribution in [2.24, 2.45) is 5.41 Å². The van der Waals surface area contributed by atoms with Crippen molar-refractivity contribution in [3.05, 3.63) is 35.9 Å². The highest BCUT2D eigenvalue weighted by molar-refractivity contribution is 6.06. The maximum Gasteiger partial charge on any atom is 0.234 e. The predicted molar refractivity (Wildman–Crippen MR) is 66.5 cm³/mol. The number of carbonyl (C=O) groups is 2. The number of carbonyl (C=O) groups excluding carboxylic acids is 2. The number of hydrogen-bond donors (Lipinski definition) is 1. The molecule has 0 saturated carbocycles. The minimum Gasteiger partial charge on any atom is -0.298 e. The topological polar surface area (TPSA) is 49.4 Å². The summed E-state index contributed by atoms with van der Waals surface area (Å²) in [5, 5.41) is 2.43. The molecule has 2 aliphatic rings. The van der Waals surface area contributed by atoms with Crippen LogP contribution in [0.2, 0.25) is 0 Å². The van der Waals surface area contributed by atoms with Gasteiger partial charge in [-0.25, -0.2) is 0 Å². The standard InChI is InChI=1S/C14H16N2O2/c17-12-8-14(13(18)15-12)6-7-16(10-14)9-11-4-2-1-3-5-11/h1-5H,6-10H2,(H,15,17,18). The fourth-order valence-electron chi connectivity index (χ4n) is 2.96. The second kappa shape index (κ2) is 4.21. The van der Waals surface area contributed by atoms with Crippen molar-refractivity contribution < 1.29 is 9.59 Å². The molecular weight excluding hydrogens is 228 g/mol. The summed E-state index contributed by atoms with van der Waals surface area (Å²) in [7, 11) is 0. The molecular formula is C14H16N2O2. The van der Waals surface area contributed by atoms with Crippen molar-refractivity contribution in [3.8, 4) is 0 Å². The van der Waals surface area contributed by atoms with Crippen LogP contribution in [-0.2, 0) is 16.1 Å². The molecule has 1 spiro atoms. The maximum absolute atomic E-state index is 11.8. The van der Waals surface area contributed by atoms with Crippen LogP contribution < -0.4 is 5.32 Å². The Labute approximate surface area is 106 Å². The predicted octanol–water partition coefficient (Wildman–Crippen LogP) is 0.925. The molecule has 2 heterocycles. The number of hydrogen-bond acceptors (Lipinski definition) is 3. The third-order valence-electron chi connectivity index (χ3n) is 3.92. The lowest BCUT2D eigenvalue weighted by Gasteiger charge is -2.20. The van der Waals surface area contributed by atoms with E-state index in [0.29, 0.717) is 13.0 Å². The van der Waals surface area contributed by atoms with Gasteiger partial charge in [0.25, 0.3) is 0 Å². The average Bonchev–Trinajstić information content (AvgIpc) is 2.86. The zero-order chi connectivity index (χ0) is 12.6. The number of rotatable bonds is 2. The van der Waals surface area contributed by atoms with Gasteiger partial charge in [-0.1, -0.05) is 30.3 Å². The maximum atomic E-state index is 11.8. The summed E-state index contributed by atoms with van der Waals surface area (Å²) in [4.78, 5) is 25.4. The smallest absolute Gasteiger partial charge is 0.234 e. The molecule has 0 bridgehead atoms. The fraction of sp³-hybridized carbons (Fsp3) is 0.429. The van der Waals surface area contributed by atoms with Crippen LogP contribution in [0.15, 0.2) is 30.3 Å². The number of benzene rings is 1. The Morgan fingerprint density at radius 2 is 2.00 bits per heavy atom. The molecule has 0 aromatic heterocycles. The van der Waals surface area contributed by atoms with E-state index in [1.54, 1.807) is 0 Å². The van der Waals surface area contributed by atoms with Gasteiger partial charge in [-0.3, -0.25) is 19.8 Å². The van der Waals surface area contributed by atoms with Gasteiger partial charge in [0.2, 0.25) is 11.8 Å². The van der Waals surface area contributed by atoms with Crippen molar-refractivity contribution in [1.82, 2.24) is 10.2 Å². The van der Waals surface area contributed by atoms with E-state index >= 15 is 0 Å². The van der Waals surface area contributed by atoms with Crippen molar-refractivity contribution in [1.29, 1.82) is 0 Å². The van der Waals surface area contributed by atoms with Crippen molar-refractivity contribution in [3.63, 3.8) is 0 Å². The first-order valence-electron chi connectivity index (χ1n) is 6.29. The molecule has 0 radical (unpaired) electrons. The second-order valence-electron chi connectivity index (χ2n) is 5.28. The molecule has 3 rings (SSSR count). The molecule has 94 valence electrons. The van der Waals surface area contributed by atoms with E-state index in [-0.39, 0.29) is 11.8 Å². The Morgan fingerprint density at radius 3 is 2.67 bits per heavy atom. The average molecular weight is 244 g/mol. The van der Waals surface area contributed by atoms with E-state index in [2.05, 4.69) is 22.3 Å². The van der Waals surface area contributed by atoms with Crippen molar-refractivity contribution in [2.75, 3.05) is 13.1 Å². The molecule has 2 saturated heterocycles. The molecule has 1 aromatic rings. The third kappa shape index (κ3) is 1.93. The first-order valence-corrected chi connectivity index (χ1v) is 6.29. The van der Waals surface area contributed by atoms with E-state index in [1.165, 1.54) is 5.56 Å². The van der Waals surface area contributed by atoms with Crippen molar-refractivity contribution in [2.45, 2.75) is 19.4 Å². The minimum atomic E-state index is -0.453. The van der Waals surface area contributed by atoms with Gasteiger partial charge in [0.1, 0.15) is 0 Å². The van der Waals surface area contributed by atoms with E-state index in [4.69, 9.17) is 0 Å². The quantitative estimate of drug-likeness (QED) is 0.787. The van der Waals surface area contributed by atoms with Gasteiger partial charge < -0.3 is 0 Å². The zero-order valence-electron chi connectivity index (χ0n) is 10.2. The molecule has 1 atom stereocenters. The monoisotopic (exact) mass is 244 g/mol. The van der Waals surface area contributed by atoms with Crippen LogP contribution in [0, 0.1) is 5.41 Å². The highest BCUT2D eigenvalue weighted by Gasteiger charge is 2.50. The van der Waals surface area contributed by atoms with Gasteiger partial charge in [0.05, 0.1) is 5.41 Å². The molecule has 2 amide bonds. The lowest BCUT2D eigenvalue weighted by atomic mass is 9.85. The summed E-state index contributed by atoms with van der Waals surface area (Å²) in [5.74, 6) is -0.204. The van der Waals surface area contributed by atoms with Crippen molar-refractivity contribution >= 4 is 11.8 Å². The number of imide groups is 1. The van der Waals surface area contributed by atoms with Gasteiger partial charge in [0.15, 0.2) is 0 Å². The summed E-state index contributed by atoms with van der Waals surface area (Å²) in [6.07, 6.45) is 1.15. The first-order chi connectivity index (χ1) is 8.68. The largest absolute Gasteiger partial charge is 0.298 e. The zero-order valence-corrected chi connectivity index (χ0v) is 10.2. The van der Waals surface area contributed by atoms with Gasteiger partial charge in [-0.05, 0) is 18.5 Å². The number of nitrogens with zero attached hydrogens (tertiary/aromatic N) is 1. The molecule has 4 nitrogen and oxygen atoms in total. The normalized spacial score (nSPS) is 28.0. The highest BCUT2D eigenvalue weighted by atomic mass is 16.2. The van der Waals surface area contributed by atoms with Gasteiger partial charge in [-0.2, -0.15) is 0 Å². The lowest BCUT2D eigenvalue weighted by molar-refractivity contribution is -0.128. The van der Waals surface area contributed by atoms with Gasteiger partial charge in [0, 0.05) is 19.5 Å². The molecule has 18 heavy (non-hydrogen) atoms. The molecule has 1 unspecified atom stereocenters. The SMILES string of the molecule is O=C1CC2(CCN(Cc3ccccc3)C2)C(=O)N1. The first kappa shape index (κ1) is 11.4. The number of likely N-dealkylation sites (tertiary alicyclic amines) is 1. The van der Waals surface area contributed by atoms with Gasteiger partial charge >= 0.3 is 0 Å². The highest BCUT2D eigenvalue weighted by Crippen LogP contribution is 2.38. The number of amides is 2. The Morgan fingerprint density at radius 1 is 1.22 bits per heavy atom. The van der Waals surface area contributed by atoms with Crippen LogP contribution in [0.3, 0.4) is 0 Å². The lowest BCUT2D eigenvalue weighted by Crippen LogP contribution is -2.34. The Kier molecular flexibility index (Phi) is 2.67. The van der Waals surface area contributed by atoms with Crippen LogP contribution in [0.4, 0.5) is 0 Å². The Hall–Kier alpha value is -1.68. The van der Waals surface area contributed by atoms with Crippen LogP contribution in [-0.4, -0.2) is 29.8 Å². The molecule has 0 aliphatic carbocycles. The van der Waals surface area contributed by atoms with E-state index in [1.807, 2.05) is 18.2 Å². The molecule has 1 N–H and O–H groups in total. The second-order valence-corrected chi connectivity index (χ2v) is 5.28. The summed E-state index contributed by atoms with van der Waals surface area (Å²) in [5.41, 5.74) is 0.797. The third-order valence-corrected chi connectivity index (χ3v) is 3.92. The summed E-state index contributed by atoms with van der Waals surface area (Å²) in [6, 6.07) is 10.2. The molecule has 2 aliphatic heterocycles. The fourth-order valence-corrected chi connectivity index (χ4v) is 2.96. The van der Waals surface area contributed by atoms with E-state index < -0.39 is 5.41 Å². The van der Waals surface area contributed by atoms with Crippen LogP contribution in [0.25, 0.3) is 0 Å². The summed E-state index contributed by atoms with van der Waals surface area (Å²) >= 11 is 0. The minimum absolute atomic E-state index is 0.0805. The van der Waals surface area contributed by atoms with Crippen LogP contribution in [0.5, 0.6) is 0 Å². The molecule has 2 fully saturated rings. The van der Waals surface area contributed by atoms with E-state index in [9.17, 15) is 9.59 Å². The Bertz CT molecular complexity index is 486. The molecule has 4 heteroatoms. The summed E-state index contributed by atoms with van der Waals surface area (Å²) < 4.78 is 0. The summed E-state index contributed by atoms with van der Waals surface area (Å²) in [6.45, 7) is 2.43. The van der Waals surface area contributed by atoms with Crippen LogP contribution in [0.1, 0.15) is 18.4 Å². The van der Waals surface area contributed by atoms with E-state index in [0.717, 1.165) is 19.5 Å².